The van der Waals surface area contributed by atoms with Crippen molar-refractivity contribution in [3.8, 4) is 6.07 Å². The highest BCUT2D eigenvalue weighted by atomic mass is 35.5. The van der Waals surface area contributed by atoms with Gasteiger partial charge >= 0.3 is 11.5 Å². The first-order valence-electron chi connectivity index (χ1n) is 27.9. The maximum atomic E-state index is 11.8. The molecule has 0 aliphatic carbocycles. The molecule has 19 heteroatoms. The lowest BCUT2D eigenvalue weighted by Crippen LogP contribution is -2.25. The molecule has 0 bridgehead atoms. The Labute approximate surface area is 554 Å². The van der Waals surface area contributed by atoms with Gasteiger partial charge in [0.05, 0.1) is 19.8 Å². The number of nitrogens with one attached hydrogen (secondary N) is 2. The highest BCUT2D eigenvalue weighted by molar-refractivity contribution is 7.21. The molecule has 6 aromatic carbocycles. The minimum absolute atomic E-state index is 0.0668. The summed E-state index contributed by atoms with van der Waals surface area (Å²) in [6.45, 7) is 14.8. The summed E-state index contributed by atoms with van der Waals surface area (Å²) >= 11 is 26.2. The first kappa shape index (κ1) is 70.7. The Kier molecular flexibility index (Phi) is 29.1. The number of benzene rings is 6. The Morgan fingerprint density at radius 2 is 1.05 bits per heavy atom. The number of nitriles is 1. The summed E-state index contributed by atoms with van der Waals surface area (Å²) in [5.41, 5.74) is 11.9. The van der Waals surface area contributed by atoms with Gasteiger partial charge in [-0.15, -0.1) is 79.6 Å². The number of hydrogen-bond donors (Lipinski definition) is 3. The first-order chi connectivity index (χ1) is 42.5. The zero-order valence-electron chi connectivity index (χ0n) is 50.6. The largest absolute Gasteiger partial charge is 0.457 e. The predicted octanol–water partition coefficient (Wildman–Crippen LogP) is 20.4. The maximum absolute atomic E-state index is 11.8. The van der Waals surface area contributed by atoms with Gasteiger partial charge in [-0.2, -0.15) is 5.26 Å². The van der Waals surface area contributed by atoms with Crippen molar-refractivity contribution >= 4 is 181 Å². The Morgan fingerprint density at radius 3 is 1.55 bits per heavy atom. The van der Waals surface area contributed by atoms with E-state index in [2.05, 4.69) is 180 Å². The van der Waals surface area contributed by atoms with E-state index >= 15 is 0 Å². The van der Waals surface area contributed by atoms with Gasteiger partial charge in [0, 0.05) is 111 Å². The lowest BCUT2D eigenvalue weighted by molar-refractivity contribution is 0.0957. The molecule has 4 N–H and O–H groups in total. The van der Waals surface area contributed by atoms with E-state index in [1.807, 2.05) is 83.4 Å². The number of hydrogen-bond acceptors (Lipinski definition) is 14. The minimum Gasteiger partial charge on any atom is -0.457 e. The van der Waals surface area contributed by atoms with E-state index in [9.17, 15) is 14.4 Å². The van der Waals surface area contributed by atoms with Crippen LogP contribution in [0.1, 0.15) is 67.4 Å². The van der Waals surface area contributed by atoms with Crippen LogP contribution in [0.2, 0.25) is 0 Å². The molecule has 0 saturated carbocycles. The fraction of sp³-hybridized carbons (Fsp3) is 0.246. The molecule has 0 radical (unpaired) electrons. The third-order valence-corrected chi connectivity index (χ3v) is 20.9. The van der Waals surface area contributed by atoms with E-state index in [0.29, 0.717) is 18.5 Å². The van der Waals surface area contributed by atoms with Gasteiger partial charge < -0.3 is 30.6 Å². The van der Waals surface area contributed by atoms with Gasteiger partial charge in [-0.25, -0.2) is 9.59 Å². The molecule has 0 fully saturated rings. The summed E-state index contributed by atoms with van der Waals surface area (Å²) in [6.07, 6.45) is 2.41. The fourth-order valence-electron chi connectivity index (χ4n) is 9.59. The molecule has 2 amide bonds. The van der Waals surface area contributed by atoms with Crippen molar-refractivity contribution in [2.24, 2.45) is 5.73 Å². The van der Waals surface area contributed by atoms with Crippen molar-refractivity contribution < 1.29 is 28.6 Å². The smallest absolute Gasteiger partial charge is 0.406 e. The molecular weight excluding hydrogens is 1280 g/mol. The second-order valence-corrected chi connectivity index (χ2v) is 27.8. The summed E-state index contributed by atoms with van der Waals surface area (Å²) in [6, 6.07) is 52.5. The molecular formula is C69H71Cl3N4O6S6. The van der Waals surface area contributed by atoms with Crippen molar-refractivity contribution in [1.29, 1.82) is 5.26 Å². The lowest BCUT2D eigenvalue weighted by atomic mass is 10.0. The van der Waals surface area contributed by atoms with Crippen LogP contribution < -0.4 is 16.4 Å². The van der Waals surface area contributed by atoms with Crippen LogP contribution in [0, 0.1) is 52.9 Å². The number of carbonyl (C=O) groups excluding carboxylic acids is 3. The minimum atomic E-state index is -0.773. The third kappa shape index (κ3) is 19.5. The second-order valence-electron chi connectivity index (χ2n) is 19.4. The van der Waals surface area contributed by atoms with E-state index in [4.69, 9.17) is 34.2 Å². The highest BCUT2D eigenvalue weighted by Gasteiger charge is 2.20. The molecule has 0 saturated heterocycles. The van der Waals surface area contributed by atoms with Gasteiger partial charge in [0.1, 0.15) is 12.1 Å². The van der Waals surface area contributed by atoms with E-state index in [0.717, 1.165) is 53.7 Å². The molecule has 13 rings (SSSR count). The van der Waals surface area contributed by atoms with Crippen molar-refractivity contribution in [3.63, 3.8) is 0 Å². The summed E-state index contributed by atoms with van der Waals surface area (Å²) in [5, 5.41) is 22.1. The van der Waals surface area contributed by atoms with Crippen molar-refractivity contribution in [2.75, 3.05) is 47.0 Å². The molecule has 10 nitrogen and oxygen atoms in total. The maximum Gasteiger partial charge on any atom is 0.406 e. The third-order valence-electron chi connectivity index (χ3n) is 13.7. The quantitative estimate of drug-likeness (QED) is 0.105. The number of thiophene rings is 6. The molecule has 460 valence electrons. The van der Waals surface area contributed by atoms with Gasteiger partial charge in [-0.05, 0) is 160 Å². The molecule has 1 aliphatic heterocycles. The summed E-state index contributed by atoms with van der Waals surface area (Å²) in [7, 11) is 4.14. The zero-order chi connectivity index (χ0) is 63.7. The number of halogens is 3. The van der Waals surface area contributed by atoms with Gasteiger partial charge in [-0.3, -0.25) is 4.79 Å². The SMILES string of the molecule is COC(=O)Cl.COC(=O)NCCc1c(C)sc2ccccc12.COCCl.Cc1cc2ccccc2s1.Cc1sc2cccc3c2c1CCNC3=O.Cc1sc2ccccc2c1C#N.Cc1sc2ccccc2c1CCN.Cc1sc2ccccc2c1CCl. The van der Waals surface area contributed by atoms with Crippen molar-refractivity contribution in [2.45, 2.75) is 66.7 Å². The lowest BCUT2D eigenvalue weighted by Gasteiger charge is -2.04. The molecule has 0 spiro atoms. The van der Waals surface area contributed by atoms with Crippen LogP contribution in [0.4, 0.5) is 9.59 Å². The van der Waals surface area contributed by atoms with Crippen LogP contribution in [-0.2, 0) is 39.4 Å². The van der Waals surface area contributed by atoms with Crippen LogP contribution in [-0.4, -0.2) is 64.5 Å². The topological polar surface area (TPSA) is 153 Å². The number of ether oxygens (including phenoxy) is 3. The van der Waals surface area contributed by atoms with Gasteiger partial charge in [0.15, 0.2) is 0 Å². The average Bonchev–Trinajstić information content (AvgIpc) is 2.72. The van der Waals surface area contributed by atoms with Crippen LogP contribution in [0.5, 0.6) is 0 Å². The molecule has 1 aliphatic rings. The van der Waals surface area contributed by atoms with Crippen LogP contribution in [0.3, 0.4) is 0 Å². The second kappa shape index (κ2) is 36.3. The summed E-state index contributed by atoms with van der Waals surface area (Å²) in [5.74, 6) is 0.688. The summed E-state index contributed by atoms with van der Waals surface area (Å²) < 4.78 is 20.6. The highest BCUT2D eigenvalue weighted by Crippen LogP contribution is 2.36. The van der Waals surface area contributed by atoms with E-state index in [1.165, 1.54) is 116 Å². The number of nitrogens with zero attached hydrogens (tertiary/aromatic N) is 1. The average molecular weight is 1350 g/mol. The Morgan fingerprint density at radius 1 is 0.591 bits per heavy atom. The van der Waals surface area contributed by atoms with Crippen molar-refractivity contribution in [3.05, 3.63) is 208 Å². The van der Waals surface area contributed by atoms with Crippen LogP contribution in [0.15, 0.2) is 146 Å². The molecule has 0 unspecified atom stereocenters. The first-order valence-corrected chi connectivity index (χ1v) is 34.3. The summed E-state index contributed by atoms with van der Waals surface area (Å²) in [4.78, 5) is 40.0. The number of alkyl carbamates (subject to hydrolysis) is 1. The number of carbonyl (C=O) groups is 3. The number of alkyl halides is 2. The molecule has 12 aromatic rings. The van der Waals surface area contributed by atoms with E-state index in [1.54, 1.807) is 41.1 Å². The molecule has 6 aromatic heterocycles. The van der Waals surface area contributed by atoms with Gasteiger partial charge in [0.2, 0.25) is 0 Å². The van der Waals surface area contributed by atoms with Gasteiger partial charge in [0.25, 0.3) is 5.91 Å². The number of methoxy groups -OCH3 is 3. The van der Waals surface area contributed by atoms with E-state index < -0.39 is 5.43 Å². The van der Waals surface area contributed by atoms with Crippen molar-refractivity contribution in [1.82, 2.24) is 10.6 Å². The number of fused-ring (bicyclic) bond motifs is 5. The fourth-order valence-corrected chi connectivity index (χ4v) is 16.4. The Hall–Kier alpha value is -6.43. The standard InChI is InChI=1S/C13H15NO2S.C12H11NOS.C11H13NS.C10H9ClS.C10H7NS.C9H8S.C2H3ClO2.C2H5ClO/c1-9-10(7-8-14-13(15)16-2)11-5-3-4-6-12(11)17-9;1-7-8-5-6-13-12(14)9-3-2-4-10(15-7)11(8)9;1-8-9(6-7-12)10-4-2-3-5-11(10)13-8;2*1-7-9(6-11)8-4-2-3-5-10(8)12-7;1-7-6-8-4-2-3-5-9(8)10-7;1-5-2(3)4;1-4-2-3/h3-6H,7-8H2,1-2H3,(H,14,15);2-4H,5-6H2,1H3,(H,13,14);2-5H,6-7,12H2,1H3;2-5H,6H2,1H3;2-5H,1H3;2-6H,1H3;1H3;2H2,1H3. The zero-order valence-corrected chi connectivity index (χ0v) is 57.7. The number of rotatable bonds is 7. The van der Waals surface area contributed by atoms with Crippen LogP contribution in [0.25, 0.3) is 60.5 Å². The number of nitrogens with two attached hydrogens (primary N) is 1. The Balaban J connectivity index is 0.000000165. The number of amides is 2. The predicted molar refractivity (Wildman–Crippen MR) is 383 cm³/mol. The molecule has 0 atom stereocenters. The van der Waals surface area contributed by atoms with E-state index in [-0.39, 0.29) is 12.0 Å². The Bertz CT molecular complexity index is 4230. The normalized spacial score (nSPS) is 11.0. The van der Waals surface area contributed by atoms with Gasteiger partial charge in [-0.1, -0.05) is 109 Å². The molecule has 88 heavy (non-hydrogen) atoms. The number of aryl methyl sites for hydroxylation is 6. The monoisotopic (exact) mass is 1350 g/mol. The van der Waals surface area contributed by atoms with Crippen LogP contribution >= 0.6 is 103 Å². The molecule has 7 heterocycles.